The highest BCUT2D eigenvalue weighted by atomic mass is 32.2. The van der Waals surface area contributed by atoms with Crippen LogP contribution in [-0.2, 0) is 0 Å². The Kier molecular flexibility index (Phi) is 4.17. The summed E-state index contributed by atoms with van der Waals surface area (Å²) in [4.78, 5) is 9.81. The minimum Gasteiger partial charge on any atom is -0.437 e. The van der Waals surface area contributed by atoms with Gasteiger partial charge in [-0.15, -0.1) is 0 Å². The van der Waals surface area contributed by atoms with E-state index in [9.17, 15) is 4.39 Å². The van der Waals surface area contributed by atoms with Crippen LogP contribution in [0.3, 0.4) is 0 Å². The number of aromatic nitrogens is 5. The topological polar surface area (TPSA) is 69.6 Å². The summed E-state index contributed by atoms with van der Waals surface area (Å²) < 4.78 is 25.6. The first-order chi connectivity index (χ1) is 14.8. The number of furan rings is 1. The van der Waals surface area contributed by atoms with Gasteiger partial charge in [0, 0.05) is 35.0 Å². The Morgan fingerprint density at radius 3 is 2.67 bits per heavy atom. The van der Waals surface area contributed by atoms with Crippen molar-refractivity contribution in [2.75, 3.05) is 11.5 Å². The second-order valence-electron chi connectivity index (χ2n) is 7.00. The van der Waals surface area contributed by atoms with Gasteiger partial charge in [-0.05, 0) is 47.9 Å². The predicted octanol–water partition coefficient (Wildman–Crippen LogP) is 5.30. The van der Waals surface area contributed by atoms with Crippen LogP contribution < -0.4 is 0 Å². The normalized spacial score (nSPS) is 14.3. The molecule has 1 saturated heterocycles. The van der Waals surface area contributed by atoms with E-state index in [1.54, 1.807) is 18.3 Å². The summed E-state index contributed by atoms with van der Waals surface area (Å²) in [6.45, 7) is 0. The molecule has 9 heteroatoms. The van der Waals surface area contributed by atoms with Crippen LogP contribution in [0.1, 0.15) is 6.04 Å². The molecule has 0 unspecified atom stereocenters. The van der Waals surface area contributed by atoms with Gasteiger partial charge < -0.3 is 4.42 Å². The van der Waals surface area contributed by atoms with Crippen molar-refractivity contribution in [1.29, 1.82) is 0 Å². The first-order valence-electron chi connectivity index (χ1n) is 9.35. The zero-order valence-corrected chi connectivity index (χ0v) is 17.2. The van der Waals surface area contributed by atoms with Crippen LogP contribution in [-0.4, -0.2) is 35.6 Å². The molecule has 0 aliphatic carbocycles. The van der Waals surface area contributed by atoms with Crippen LogP contribution in [0, 0.1) is 5.82 Å². The lowest BCUT2D eigenvalue weighted by molar-refractivity contribution is 0.528. The smallest absolute Gasteiger partial charge is 0.230 e. The minimum absolute atomic E-state index is 0.274. The van der Waals surface area contributed by atoms with Crippen molar-refractivity contribution < 1.29 is 8.81 Å². The van der Waals surface area contributed by atoms with Crippen molar-refractivity contribution in [3.05, 3.63) is 60.9 Å². The highest BCUT2D eigenvalue weighted by Crippen LogP contribution is 2.39. The maximum absolute atomic E-state index is 13.5. The largest absolute Gasteiger partial charge is 0.437 e. The van der Waals surface area contributed by atoms with Crippen molar-refractivity contribution in [3.8, 4) is 33.2 Å². The van der Waals surface area contributed by atoms with Crippen molar-refractivity contribution in [2.45, 2.75) is 6.04 Å². The van der Waals surface area contributed by atoms with Crippen LogP contribution in [0.2, 0.25) is 0 Å². The molecule has 0 bridgehead atoms. The molecular weight excluding hydrogens is 421 g/mol. The summed E-state index contributed by atoms with van der Waals surface area (Å²) in [5.74, 6) is 2.50. The number of hydrogen-bond acceptors (Lipinski definition) is 7. The highest BCUT2D eigenvalue weighted by molar-refractivity contribution is 8.00. The van der Waals surface area contributed by atoms with E-state index in [1.165, 1.54) is 30.0 Å². The first-order valence-corrected chi connectivity index (χ1v) is 11.3. The molecule has 0 radical (unpaired) electrons. The maximum atomic E-state index is 13.5. The standard InChI is InChI=1S/C21H14FN5OS2/c22-13-3-1-12(2-4-13)19-16(8-27(26-19)14-9-29-10-14)20-15-7-17(18-5-6-25-30-18)28-21(15)24-11-23-20/h1-8,11,14H,9-10H2. The molecule has 0 spiro atoms. The molecule has 0 atom stereocenters. The van der Waals surface area contributed by atoms with E-state index in [1.807, 2.05) is 34.8 Å². The Balaban J connectivity index is 1.55. The zero-order chi connectivity index (χ0) is 20.1. The lowest BCUT2D eigenvalue weighted by Crippen LogP contribution is -2.23. The van der Waals surface area contributed by atoms with Crippen molar-refractivity contribution in [1.82, 2.24) is 24.1 Å². The Morgan fingerprint density at radius 2 is 1.93 bits per heavy atom. The van der Waals surface area contributed by atoms with E-state index in [2.05, 4.69) is 14.3 Å². The van der Waals surface area contributed by atoms with Gasteiger partial charge in [0.15, 0.2) is 0 Å². The van der Waals surface area contributed by atoms with E-state index in [-0.39, 0.29) is 5.82 Å². The summed E-state index contributed by atoms with van der Waals surface area (Å²) in [6.07, 6.45) is 5.28. The molecule has 5 aromatic rings. The second-order valence-corrected chi connectivity index (χ2v) is 8.91. The summed E-state index contributed by atoms with van der Waals surface area (Å²) in [5, 5.41) is 5.67. The quantitative estimate of drug-likeness (QED) is 0.381. The van der Waals surface area contributed by atoms with Crippen LogP contribution in [0.25, 0.3) is 44.3 Å². The van der Waals surface area contributed by atoms with Gasteiger partial charge in [0.05, 0.1) is 22.0 Å². The van der Waals surface area contributed by atoms with Crippen molar-refractivity contribution in [3.63, 3.8) is 0 Å². The molecule has 148 valence electrons. The third-order valence-corrected chi connectivity index (χ3v) is 7.11. The number of halogens is 1. The first kappa shape index (κ1) is 17.8. The van der Waals surface area contributed by atoms with Crippen LogP contribution in [0.15, 0.2) is 59.5 Å². The molecule has 4 aromatic heterocycles. The number of benzene rings is 1. The van der Waals surface area contributed by atoms with Gasteiger partial charge in [-0.1, -0.05) is 0 Å². The zero-order valence-electron chi connectivity index (χ0n) is 15.5. The average molecular weight is 436 g/mol. The third kappa shape index (κ3) is 2.93. The Morgan fingerprint density at radius 1 is 1.07 bits per heavy atom. The molecule has 1 aromatic carbocycles. The molecule has 6 nitrogen and oxygen atoms in total. The van der Waals surface area contributed by atoms with Crippen molar-refractivity contribution in [2.24, 2.45) is 0 Å². The molecule has 0 saturated carbocycles. The predicted molar refractivity (Wildman–Crippen MR) is 116 cm³/mol. The van der Waals surface area contributed by atoms with Gasteiger partial charge >= 0.3 is 0 Å². The number of nitrogens with zero attached hydrogens (tertiary/aromatic N) is 5. The molecule has 1 aliphatic heterocycles. The Hall–Kier alpha value is -3.04. The van der Waals surface area contributed by atoms with E-state index in [0.717, 1.165) is 44.3 Å². The van der Waals surface area contributed by atoms with Crippen LogP contribution in [0.5, 0.6) is 0 Å². The third-order valence-electron chi connectivity index (χ3n) is 5.11. The Bertz CT molecular complexity index is 1340. The van der Waals surface area contributed by atoms with E-state index in [4.69, 9.17) is 9.52 Å². The van der Waals surface area contributed by atoms with E-state index >= 15 is 0 Å². The lowest BCUT2D eigenvalue weighted by atomic mass is 10.0. The molecule has 1 aliphatic rings. The SMILES string of the molecule is Fc1ccc(-c2nn(C3CSC3)cc2-c2ncnc3oc(-c4ccns4)cc23)cc1. The summed E-state index contributed by atoms with van der Waals surface area (Å²) in [5.41, 5.74) is 3.75. The maximum Gasteiger partial charge on any atom is 0.230 e. The fourth-order valence-electron chi connectivity index (χ4n) is 3.48. The van der Waals surface area contributed by atoms with Gasteiger partial charge in [-0.25, -0.2) is 18.7 Å². The molecule has 6 rings (SSSR count). The summed E-state index contributed by atoms with van der Waals surface area (Å²) in [7, 11) is 0. The number of fused-ring (bicyclic) bond motifs is 1. The van der Waals surface area contributed by atoms with Gasteiger partial charge in [0.25, 0.3) is 0 Å². The molecule has 30 heavy (non-hydrogen) atoms. The number of thioether (sulfide) groups is 1. The molecule has 1 fully saturated rings. The minimum atomic E-state index is -0.274. The average Bonchev–Trinajstić information content (AvgIpc) is 3.46. The van der Waals surface area contributed by atoms with Crippen molar-refractivity contribution >= 4 is 34.4 Å². The van der Waals surface area contributed by atoms with Crippen LogP contribution >= 0.6 is 23.3 Å². The fourth-order valence-corrected chi connectivity index (χ4v) is 4.78. The van der Waals surface area contributed by atoms with Gasteiger partial charge in [-0.2, -0.15) is 16.9 Å². The van der Waals surface area contributed by atoms with E-state index < -0.39 is 0 Å². The van der Waals surface area contributed by atoms with Gasteiger partial charge in [0.2, 0.25) is 5.71 Å². The summed E-state index contributed by atoms with van der Waals surface area (Å²) >= 11 is 3.26. The number of rotatable bonds is 4. The molecule has 0 amide bonds. The second kappa shape index (κ2) is 7.03. The highest BCUT2D eigenvalue weighted by Gasteiger charge is 2.25. The number of hydrogen-bond donors (Lipinski definition) is 0. The molecule has 0 N–H and O–H groups in total. The molecule has 5 heterocycles. The molecular formula is C21H14FN5OS2. The van der Waals surface area contributed by atoms with Crippen LogP contribution in [0.4, 0.5) is 4.39 Å². The van der Waals surface area contributed by atoms with E-state index in [0.29, 0.717) is 17.5 Å². The monoisotopic (exact) mass is 435 g/mol. The van der Waals surface area contributed by atoms with Gasteiger partial charge in [-0.3, -0.25) is 4.68 Å². The summed E-state index contributed by atoms with van der Waals surface area (Å²) in [6, 6.07) is 10.6. The lowest BCUT2D eigenvalue weighted by Gasteiger charge is -2.24. The fraction of sp³-hybridized carbons (Fsp3) is 0.143. The Labute approximate surface area is 179 Å². The van der Waals surface area contributed by atoms with Gasteiger partial charge in [0.1, 0.15) is 23.6 Å².